The summed E-state index contributed by atoms with van der Waals surface area (Å²) < 4.78 is 4.96. The van der Waals surface area contributed by atoms with Gasteiger partial charge in [0.25, 0.3) is 0 Å². The van der Waals surface area contributed by atoms with Crippen molar-refractivity contribution in [2.75, 3.05) is 7.11 Å². The minimum atomic E-state index is 0.116. The standard InChI is InChI=1S/C12H9ClN4OS/c1-18-11-15-10(13)16-12(17-11)19-9-6-7-4-2-3-5-8(7)14-9/h2-6,14H,1H3. The van der Waals surface area contributed by atoms with Crippen molar-refractivity contribution in [3.8, 4) is 6.01 Å². The number of methoxy groups -OCH3 is 1. The third-order valence-corrected chi connectivity index (χ3v) is 3.43. The Morgan fingerprint density at radius 2 is 2.05 bits per heavy atom. The van der Waals surface area contributed by atoms with E-state index in [-0.39, 0.29) is 11.3 Å². The second-order valence-corrected chi connectivity index (χ2v) is 5.04. The molecule has 1 aromatic carbocycles. The molecule has 0 radical (unpaired) electrons. The molecule has 0 amide bonds. The molecule has 0 aliphatic heterocycles. The molecule has 96 valence electrons. The van der Waals surface area contributed by atoms with E-state index in [0.717, 1.165) is 15.9 Å². The van der Waals surface area contributed by atoms with Crippen LogP contribution in [0.4, 0.5) is 0 Å². The lowest BCUT2D eigenvalue weighted by Gasteiger charge is -2.00. The van der Waals surface area contributed by atoms with Crippen molar-refractivity contribution < 1.29 is 4.74 Å². The van der Waals surface area contributed by atoms with E-state index < -0.39 is 0 Å². The van der Waals surface area contributed by atoms with Crippen LogP contribution in [0.2, 0.25) is 5.28 Å². The Hall–Kier alpha value is -1.79. The van der Waals surface area contributed by atoms with Gasteiger partial charge in [0.1, 0.15) is 0 Å². The molecular formula is C12H9ClN4OS. The van der Waals surface area contributed by atoms with Crippen molar-refractivity contribution in [1.29, 1.82) is 0 Å². The molecule has 0 fully saturated rings. The molecule has 2 heterocycles. The van der Waals surface area contributed by atoms with E-state index in [2.05, 4.69) is 19.9 Å². The van der Waals surface area contributed by atoms with E-state index in [4.69, 9.17) is 16.3 Å². The van der Waals surface area contributed by atoms with Crippen LogP contribution >= 0.6 is 23.4 Å². The first kappa shape index (κ1) is 12.3. The first-order valence-corrected chi connectivity index (χ1v) is 6.65. The summed E-state index contributed by atoms with van der Waals surface area (Å²) in [6.45, 7) is 0. The van der Waals surface area contributed by atoms with Crippen LogP contribution in [0.15, 0.2) is 40.5 Å². The first-order valence-electron chi connectivity index (χ1n) is 5.46. The Labute approximate surface area is 118 Å². The van der Waals surface area contributed by atoms with Gasteiger partial charge in [-0.2, -0.15) is 15.0 Å². The van der Waals surface area contributed by atoms with Crippen LogP contribution in [0.25, 0.3) is 10.9 Å². The molecule has 3 aromatic rings. The maximum atomic E-state index is 5.81. The fourth-order valence-electron chi connectivity index (χ4n) is 1.65. The van der Waals surface area contributed by atoms with E-state index in [1.165, 1.54) is 18.9 Å². The third kappa shape index (κ3) is 2.64. The zero-order valence-electron chi connectivity index (χ0n) is 9.92. The molecule has 0 bridgehead atoms. The van der Waals surface area contributed by atoms with Crippen LogP contribution in [0, 0.1) is 0 Å². The van der Waals surface area contributed by atoms with Gasteiger partial charge < -0.3 is 9.72 Å². The van der Waals surface area contributed by atoms with E-state index in [0.29, 0.717) is 5.16 Å². The third-order valence-electron chi connectivity index (χ3n) is 2.46. The fraction of sp³-hybridized carbons (Fsp3) is 0.0833. The maximum Gasteiger partial charge on any atom is 0.321 e. The number of hydrogen-bond acceptors (Lipinski definition) is 5. The van der Waals surface area contributed by atoms with Crippen molar-refractivity contribution in [1.82, 2.24) is 19.9 Å². The Balaban J connectivity index is 1.94. The van der Waals surface area contributed by atoms with Gasteiger partial charge in [0.05, 0.1) is 12.1 Å². The highest BCUT2D eigenvalue weighted by atomic mass is 35.5. The van der Waals surface area contributed by atoms with Gasteiger partial charge in [-0.25, -0.2) is 0 Å². The zero-order valence-corrected chi connectivity index (χ0v) is 11.5. The van der Waals surface area contributed by atoms with E-state index in [1.807, 2.05) is 30.3 Å². The van der Waals surface area contributed by atoms with Gasteiger partial charge in [-0.15, -0.1) is 0 Å². The number of rotatable bonds is 3. The lowest BCUT2D eigenvalue weighted by Crippen LogP contribution is -1.96. The molecule has 19 heavy (non-hydrogen) atoms. The summed E-state index contributed by atoms with van der Waals surface area (Å²) in [4.78, 5) is 15.3. The Bertz CT molecular complexity index is 698. The van der Waals surface area contributed by atoms with Gasteiger partial charge in [-0.1, -0.05) is 18.2 Å². The summed E-state index contributed by atoms with van der Waals surface area (Å²) in [5, 5.41) is 2.68. The largest absolute Gasteiger partial charge is 0.467 e. The van der Waals surface area contributed by atoms with Crippen LogP contribution in [-0.2, 0) is 0 Å². The second-order valence-electron chi connectivity index (χ2n) is 3.70. The smallest absolute Gasteiger partial charge is 0.321 e. The number of aromatic amines is 1. The SMILES string of the molecule is COc1nc(Cl)nc(Sc2cc3ccccc3[nH]2)n1. The van der Waals surface area contributed by atoms with Crippen LogP contribution in [0.5, 0.6) is 6.01 Å². The number of ether oxygens (including phenoxy) is 1. The van der Waals surface area contributed by atoms with Crippen molar-refractivity contribution in [3.63, 3.8) is 0 Å². The first-order chi connectivity index (χ1) is 9.24. The van der Waals surface area contributed by atoms with Gasteiger partial charge in [0.2, 0.25) is 10.4 Å². The molecule has 0 atom stereocenters. The predicted molar refractivity (Wildman–Crippen MR) is 73.8 cm³/mol. The van der Waals surface area contributed by atoms with Gasteiger partial charge in [0.15, 0.2) is 0 Å². The monoisotopic (exact) mass is 292 g/mol. The van der Waals surface area contributed by atoms with Crippen molar-refractivity contribution in [2.24, 2.45) is 0 Å². The van der Waals surface area contributed by atoms with Crippen LogP contribution < -0.4 is 4.74 Å². The molecule has 7 heteroatoms. The average Bonchev–Trinajstić information content (AvgIpc) is 2.80. The topological polar surface area (TPSA) is 63.7 Å². The van der Waals surface area contributed by atoms with Gasteiger partial charge >= 0.3 is 6.01 Å². The lowest BCUT2D eigenvalue weighted by atomic mass is 10.3. The summed E-state index contributed by atoms with van der Waals surface area (Å²) in [7, 11) is 1.49. The number of aromatic nitrogens is 4. The van der Waals surface area contributed by atoms with Crippen LogP contribution in [0.1, 0.15) is 0 Å². The number of para-hydroxylation sites is 1. The number of nitrogens with zero attached hydrogens (tertiary/aromatic N) is 3. The summed E-state index contributed by atoms with van der Waals surface area (Å²) in [5.41, 5.74) is 1.07. The average molecular weight is 293 g/mol. The van der Waals surface area contributed by atoms with Crippen molar-refractivity contribution >= 4 is 34.3 Å². The maximum absolute atomic E-state index is 5.81. The molecule has 0 unspecified atom stereocenters. The van der Waals surface area contributed by atoms with E-state index >= 15 is 0 Å². The number of hydrogen-bond donors (Lipinski definition) is 1. The summed E-state index contributed by atoms with van der Waals surface area (Å²) in [6, 6.07) is 10.3. The fourth-order valence-corrected chi connectivity index (χ4v) is 2.65. The van der Waals surface area contributed by atoms with Gasteiger partial charge in [-0.3, -0.25) is 0 Å². The predicted octanol–water partition coefficient (Wildman–Crippen LogP) is 3.17. The molecule has 0 saturated heterocycles. The molecule has 1 N–H and O–H groups in total. The Morgan fingerprint density at radius 3 is 2.84 bits per heavy atom. The molecule has 5 nitrogen and oxygen atoms in total. The molecule has 0 aliphatic rings. The molecule has 3 rings (SSSR count). The van der Waals surface area contributed by atoms with Crippen molar-refractivity contribution in [2.45, 2.75) is 10.2 Å². The Morgan fingerprint density at radius 1 is 1.21 bits per heavy atom. The van der Waals surface area contributed by atoms with Gasteiger partial charge in [0, 0.05) is 10.9 Å². The number of nitrogens with one attached hydrogen (secondary N) is 1. The van der Waals surface area contributed by atoms with E-state index in [1.54, 1.807) is 0 Å². The normalized spacial score (nSPS) is 10.8. The summed E-state index contributed by atoms with van der Waals surface area (Å²) >= 11 is 7.18. The number of H-pyrrole nitrogens is 1. The zero-order chi connectivity index (χ0) is 13.2. The molecular weight excluding hydrogens is 284 g/mol. The minimum Gasteiger partial charge on any atom is -0.467 e. The summed E-state index contributed by atoms with van der Waals surface area (Å²) in [6.07, 6.45) is 0. The highest BCUT2D eigenvalue weighted by molar-refractivity contribution is 7.99. The number of halogens is 1. The second kappa shape index (κ2) is 5.07. The van der Waals surface area contributed by atoms with Gasteiger partial charge in [-0.05, 0) is 35.5 Å². The number of benzene rings is 1. The van der Waals surface area contributed by atoms with Crippen molar-refractivity contribution in [3.05, 3.63) is 35.6 Å². The molecule has 0 saturated carbocycles. The van der Waals surface area contributed by atoms with Crippen LogP contribution in [-0.4, -0.2) is 27.0 Å². The van der Waals surface area contributed by atoms with Crippen LogP contribution in [0.3, 0.4) is 0 Å². The highest BCUT2D eigenvalue weighted by Crippen LogP contribution is 2.28. The Kier molecular flexibility index (Phi) is 3.27. The highest BCUT2D eigenvalue weighted by Gasteiger charge is 2.08. The molecule has 0 spiro atoms. The lowest BCUT2D eigenvalue weighted by molar-refractivity contribution is 0.373. The molecule has 0 aliphatic carbocycles. The number of fused-ring (bicyclic) bond motifs is 1. The minimum absolute atomic E-state index is 0.116. The molecule has 2 aromatic heterocycles. The van der Waals surface area contributed by atoms with E-state index in [9.17, 15) is 0 Å². The summed E-state index contributed by atoms with van der Waals surface area (Å²) in [5.74, 6) is 0. The quantitative estimate of drug-likeness (QED) is 0.803.